The van der Waals surface area contributed by atoms with Gasteiger partial charge in [-0.25, -0.2) is 13.8 Å². The summed E-state index contributed by atoms with van der Waals surface area (Å²) in [5.41, 5.74) is 1.00. The average molecular weight is 279 g/mol. The Morgan fingerprint density at radius 2 is 2.28 bits per heavy atom. The smallest absolute Gasteiger partial charge is 0.261 e. The van der Waals surface area contributed by atoms with Gasteiger partial charge in [0.05, 0.1) is 6.61 Å². The van der Waals surface area contributed by atoms with E-state index in [9.17, 15) is 13.6 Å². The highest BCUT2D eigenvalue weighted by Gasteiger charge is 2.07. The molecule has 0 aliphatic heterocycles. The third kappa shape index (κ3) is 5.37. The first-order valence-corrected chi connectivity index (χ1v) is 5.65. The highest BCUT2D eigenvalue weighted by molar-refractivity contribution is 6.29. The standard InChI is InChI=1S/C11H13ClF2N2O2/c1-7-4-8(5-9(12)16-7)11(17)15-2-3-18-6-10(13)14/h4-5,10H,2-3,6H2,1H3,(H,15,17). The second kappa shape index (κ2) is 7.23. The number of aromatic nitrogens is 1. The monoisotopic (exact) mass is 278 g/mol. The van der Waals surface area contributed by atoms with Crippen molar-refractivity contribution >= 4 is 17.5 Å². The molecule has 0 radical (unpaired) electrons. The second-order valence-corrected chi connectivity index (χ2v) is 3.93. The van der Waals surface area contributed by atoms with Crippen molar-refractivity contribution in [1.82, 2.24) is 10.3 Å². The molecule has 7 heteroatoms. The van der Waals surface area contributed by atoms with Crippen LogP contribution in [0.25, 0.3) is 0 Å². The third-order valence-corrected chi connectivity index (χ3v) is 2.15. The Morgan fingerprint density at radius 1 is 1.56 bits per heavy atom. The van der Waals surface area contributed by atoms with Crippen LogP contribution < -0.4 is 5.32 Å². The minimum atomic E-state index is -2.50. The summed E-state index contributed by atoms with van der Waals surface area (Å²) in [7, 11) is 0. The molecule has 0 bridgehead atoms. The topological polar surface area (TPSA) is 51.2 Å². The lowest BCUT2D eigenvalue weighted by Gasteiger charge is -2.07. The van der Waals surface area contributed by atoms with Crippen molar-refractivity contribution < 1.29 is 18.3 Å². The van der Waals surface area contributed by atoms with E-state index in [0.717, 1.165) is 0 Å². The summed E-state index contributed by atoms with van der Waals surface area (Å²) in [6.45, 7) is 1.28. The van der Waals surface area contributed by atoms with Gasteiger partial charge in [-0.2, -0.15) is 0 Å². The summed E-state index contributed by atoms with van der Waals surface area (Å²) < 4.78 is 28.1. The summed E-state index contributed by atoms with van der Waals surface area (Å²) >= 11 is 5.71. The lowest BCUT2D eigenvalue weighted by atomic mass is 10.2. The minimum absolute atomic E-state index is 0.0356. The first-order chi connectivity index (χ1) is 8.49. The van der Waals surface area contributed by atoms with Crippen LogP contribution in [0.5, 0.6) is 0 Å². The maximum absolute atomic E-state index is 11.7. The lowest BCUT2D eigenvalue weighted by molar-refractivity contribution is 0.0188. The maximum atomic E-state index is 11.7. The number of pyridine rings is 1. The van der Waals surface area contributed by atoms with E-state index in [1.54, 1.807) is 13.0 Å². The Kier molecular flexibility index (Phi) is 5.94. The van der Waals surface area contributed by atoms with Crippen molar-refractivity contribution in [2.24, 2.45) is 0 Å². The SMILES string of the molecule is Cc1cc(C(=O)NCCOCC(F)F)cc(Cl)n1. The Hall–Kier alpha value is -1.27. The van der Waals surface area contributed by atoms with Crippen LogP contribution in [0.2, 0.25) is 5.15 Å². The molecule has 1 heterocycles. The molecule has 1 amide bonds. The number of halogens is 3. The van der Waals surface area contributed by atoms with Gasteiger partial charge < -0.3 is 10.1 Å². The van der Waals surface area contributed by atoms with Crippen LogP contribution in [0.4, 0.5) is 8.78 Å². The van der Waals surface area contributed by atoms with E-state index in [4.69, 9.17) is 11.6 Å². The van der Waals surface area contributed by atoms with Crippen molar-refractivity contribution in [1.29, 1.82) is 0 Å². The Bertz CT molecular complexity index is 396. The van der Waals surface area contributed by atoms with Crippen molar-refractivity contribution in [2.45, 2.75) is 13.3 Å². The van der Waals surface area contributed by atoms with Gasteiger partial charge in [0.1, 0.15) is 11.8 Å². The van der Waals surface area contributed by atoms with E-state index in [2.05, 4.69) is 15.0 Å². The number of hydrogen-bond acceptors (Lipinski definition) is 3. The quantitative estimate of drug-likeness (QED) is 0.640. The molecule has 0 atom stereocenters. The van der Waals surface area contributed by atoms with Gasteiger partial charge in [-0.1, -0.05) is 11.6 Å². The fraction of sp³-hybridized carbons (Fsp3) is 0.455. The number of alkyl halides is 2. The zero-order valence-corrected chi connectivity index (χ0v) is 10.5. The van der Waals surface area contributed by atoms with Gasteiger partial charge in [0.25, 0.3) is 12.3 Å². The molecule has 0 unspecified atom stereocenters. The van der Waals surface area contributed by atoms with Crippen LogP contribution in [-0.4, -0.2) is 37.1 Å². The number of nitrogens with one attached hydrogen (secondary N) is 1. The van der Waals surface area contributed by atoms with Gasteiger partial charge in [-0.05, 0) is 19.1 Å². The van der Waals surface area contributed by atoms with Crippen LogP contribution in [-0.2, 0) is 4.74 Å². The maximum Gasteiger partial charge on any atom is 0.261 e. The van der Waals surface area contributed by atoms with Crippen molar-refractivity contribution in [3.05, 3.63) is 28.5 Å². The number of carbonyl (C=O) groups excluding carboxylic acids is 1. The van der Waals surface area contributed by atoms with Crippen LogP contribution in [0.1, 0.15) is 16.1 Å². The van der Waals surface area contributed by atoms with E-state index in [1.165, 1.54) is 6.07 Å². The fourth-order valence-corrected chi connectivity index (χ4v) is 1.52. The lowest BCUT2D eigenvalue weighted by Crippen LogP contribution is -2.28. The number of amides is 1. The van der Waals surface area contributed by atoms with E-state index in [-0.39, 0.29) is 24.2 Å². The van der Waals surface area contributed by atoms with Gasteiger partial charge in [0.15, 0.2) is 0 Å². The second-order valence-electron chi connectivity index (χ2n) is 3.54. The molecule has 1 aromatic heterocycles. The molecule has 1 rings (SSSR count). The Morgan fingerprint density at radius 3 is 2.89 bits per heavy atom. The summed E-state index contributed by atoms with van der Waals surface area (Å²) in [5.74, 6) is -0.344. The summed E-state index contributed by atoms with van der Waals surface area (Å²) in [6, 6.07) is 3.02. The number of aryl methyl sites for hydroxylation is 1. The van der Waals surface area contributed by atoms with E-state index >= 15 is 0 Å². The van der Waals surface area contributed by atoms with Crippen molar-refractivity contribution in [3.63, 3.8) is 0 Å². The highest BCUT2D eigenvalue weighted by Crippen LogP contribution is 2.10. The molecule has 100 valence electrons. The predicted octanol–water partition coefficient (Wildman–Crippen LogP) is 2.05. The molecule has 4 nitrogen and oxygen atoms in total. The first-order valence-electron chi connectivity index (χ1n) is 5.27. The molecule has 0 aromatic carbocycles. The Balaban J connectivity index is 2.36. The zero-order chi connectivity index (χ0) is 13.5. The van der Waals surface area contributed by atoms with E-state index < -0.39 is 13.0 Å². The summed E-state index contributed by atoms with van der Waals surface area (Å²) in [5, 5.41) is 2.76. The highest BCUT2D eigenvalue weighted by atomic mass is 35.5. The zero-order valence-electron chi connectivity index (χ0n) is 9.75. The molecule has 1 aromatic rings. The molecular formula is C11H13ClF2N2O2. The number of carbonyl (C=O) groups is 1. The van der Waals surface area contributed by atoms with Gasteiger partial charge in [-0.15, -0.1) is 0 Å². The van der Waals surface area contributed by atoms with Crippen LogP contribution in [0.3, 0.4) is 0 Å². The summed E-state index contributed by atoms with van der Waals surface area (Å²) in [4.78, 5) is 15.6. The number of nitrogens with zero attached hydrogens (tertiary/aromatic N) is 1. The molecule has 0 saturated heterocycles. The number of rotatable bonds is 6. The van der Waals surface area contributed by atoms with Crippen molar-refractivity contribution in [3.8, 4) is 0 Å². The van der Waals surface area contributed by atoms with E-state index in [0.29, 0.717) is 11.3 Å². The van der Waals surface area contributed by atoms with Gasteiger partial charge >= 0.3 is 0 Å². The summed E-state index contributed by atoms with van der Waals surface area (Å²) in [6.07, 6.45) is -2.50. The van der Waals surface area contributed by atoms with Gasteiger partial charge in [0.2, 0.25) is 0 Å². The molecule has 0 aliphatic carbocycles. The predicted molar refractivity (Wildman–Crippen MR) is 63.1 cm³/mol. The van der Waals surface area contributed by atoms with Crippen LogP contribution in [0, 0.1) is 6.92 Å². The number of hydrogen-bond donors (Lipinski definition) is 1. The number of ether oxygens (including phenoxy) is 1. The van der Waals surface area contributed by atoms with E-state index in [1.807, 2.05) is 0 Å². The average Bonchev–Trinajstić information content (AvgIpc) is 2.26. The molecule has 0 saturated carbocycles. The largest absolute Gasteiger partial charge is 0.374 e. The Labute approximate surface area is 108 Å². The van der Waals surface area contributed by atoms with Gasteiger partial charge in [0, 0.05) is 17.8 Å². The van der Waals surface area contributed by atoms with Crippen LogP contribution in [0.15, 0.2) is 12.1 Å². The fourth-order valence-electron chi connectivity index (χ4n) is 1.27. The first kappa shape index (κ1) is 14.8. The third-order valence-electron chi connectivity index (χ3n) is 1.96. The molecule has 1 N–H and O–H groups in total. The molecule has 0 aliphatic rings. The normalized spacial score (nSPS) is 10.7. The van der Waals surface area contributed by atoms with Crippen molar-refractivity contribution in [2.75, 3.05) is 19.8 Å². The van der Waals surface area contributed by atoms with Crippen LogP contribution >= 0.6 is 11.6 Å². The molecular weight excluding hydrogens is 266 g/mol. The van der Waals surface area contributed by atoms with Gasteiger partial charge in [-0.3, -0.25) is 4.79 Å². The molecule has 0 fully saturated rings. The molecule has 0 spiro atoms. The molecule has 18 heavy (non-hydrogen) atoms. The minimum Gasteiger partial charge on any atom is -0.374 e.